The molecule has 4 aliphatic heterocycles. The molecule has 0 aromatic heterocycles. The number of piperidine rings is 1. The quantitative estimate of drug-likeness (QED) is 0.176. The summed E-state index contributed by atoms with van der Waals surface area (Å²) in [7, 11) is 1.15. The molecule has 6 rings (SSSR count). The number of nitrogens with one attached hydrogen (secondary N) is 1. The molecule has 3 fully saturated rings. The lowest BCUT2D eigenvalue weighted by Gasteiger charge is -2.46. The molecule has 40 heavy (non-hydrogen) atoms. The van der Waals surface area contributed by atoms with Crippen LogP contribution in [0, 0.1) is 29.6 Å². The zero-order valence-corrected chi connectivity index (χ0v) is 30.7. The lowest BCUT2D eigenvalue weighted by atomic mass is 9.65. The minimum absolute atomic E-state index is 0.111. The number of hydrazone groups is 1. The second-order valence-electron chi connectivity index (χ2n) is 12.6. The van der Waals surface area contributed by atoms with E-state index in [1.165, 1.54) is 43.0 Å². The van der Waals surface area contributed by atoms with Gasteiger partial charge >= 0.3 is 5.65 Å². The molecule has 0 bridgehead atoms. The van der Waals surface area contributed by atoms with Crippen molar-refractivity contribution in [2.75, 3.05) is 20.1 Å². The van der Waals surface area contributed by atoms with E-state index in [1.807, 2.05) is 11.2 Å². The second-order valence-corrected chi connectivity index (χ2v) is 25.5. The number of hydrogen-bond acceptors (Lipinski definition) is 5. The van der Waals surface area contributed by atoms with Crippen LogP contribution in [0.25, 0.3) is 0 Å². The summed E-state index contributed by atoms with van der Waals surface area (Å²) < 4.78 is -0.111. The summed E-state index contributed by atoms with van der Waals surface area (Å²) in [6.07, 6.45) is 17.7. The third-order valence-electron chi connectivity index (χ3n) is 10.2. The SMILES string of the molecule is CC(=O)N1CCC[C@@H](C2C=C(C(I)(I)I)C3=CN(C4CCCC([C@@H](C5CCC5)C5NN=CN5C)C4)C(=O)[P+]3=C2)C1. The highest BCUT2D eigenvalue weighted by Crippen LogP contribution is 2.59. The molecule has 1 N–H and O–H groups in total. The summed E-state index contributed by atoms with van der Waals surface area (Å²) in [5, 5.41) is 5.66. The Bertz CT molecular complexity index is 1160. The van der Waals surface area contributed by atoms with Crippen LogP contribution in [0.2, 0.25) is 0 Å². The number of halogens is 3. The van der Waals surface area contributed by atoms with Gasteiger partial charge in [-0.2, -0.15) is 5.10 Å². The average molecular weight is 902 g/mol. The Balaban J connectivity index is 1.25. The summed E-state index contributed by atoms with van der Waals surface area (Å²) >= 11 is 7.60. The van der Waals surface area contributed by atoms with Crippen LogP contribution in [0.1, 0.15) is 64.7 Å². The predicted octanol–water partition coefficient (Wildman–Crippen LogP) is 7.10. The lowest BCUT2D eigenvalue weighted by Crippen LogP contribution is -2.50. The van der Waals surface area contributed by atoms with Gasteiger partial charge in [-0.25, -0.2) is 4.79 Å². The summed E-state index contributed by atoms with van der Waals surface area (Å²) in [5.41, 5.74) is 5.07. The molecule has 0 spiro atoms. The highest BCUT2D eigenvalue weighted by Gasteiger charge is 2.52. The molecule has 2 saturated carbocycles. The maximum Gasteiger partial charge on any atom is 0.429 e. The van der Waals surface area contributed by atoms with Crippen LogP contribution in [0.3, 0.4) is 0 Å². The van der Waals surface area contributed by atoms with E-state index in [0.717, 1.165) is 44.7 Å². The number of hydrogen-bond donors (Lipinski definition) is 1. The minimum Gasteiger partial charge on any atom is -0.343 e. The van der Waals surface area contributed by atoms with Crippen molar-refractivity contribution >= 4 is 99.0 Å². The molecule has 11 heteroatoms. The van der Waals surface area contributed by atoms with Crippen molar-refractivity contribution in [1.82, 2.24) is 20.1 Å². The first-order chi connectivity index (χ1) is 19.1. The van der Waals surface area contributed by atoms with Crippen molar-refractivity contribution in [3.05, 3.63) is 23.2 Å². The van der Waals surface area contributed by atoms with Crippen molar-refractivity contribution in [3.63, 3.8) is 0 Å². The second kappa shape index (κ2) is 12.2. The first kappa shape index (κ1) is 30.1. The molecule has 5 unspecified atom stereocenters. The van der Waals surface area contributed by atoms with Crippen LogP contribution in [-0.2, 0) is 4.79 Å². The van der Waals surface area contributed by atoms with Gasteiger partial charge in [0.1, 0.15) is 18.3 Å². The van der Waals surface area contributed by atoms with E-state index >= 15 is 0 Å². The Kier molecular flexibility index (Phi) is 9.18. The Morgan fingerprint density at radius 1 is 1.12 bits per heavy atom. The van der Waals surface area contributed by atoms with Crippen LogP contribution in [0.15, 0.2) is 28.3 Å². The third kappa shape index (κ3) is 5.90. The van der Waals surface area contributed by atoms with E-state index in [2.05, 4.69) is 113 Å². The van der Waals surface area contributed by atoms with E-state index in [4.69, 9.17) is 0 Å². The number of amides is 2. The first-order valence-electron chi connectivity index (χ1n) is 14.9. The number of carbonyl (C=O) groups excluding carboxylic acids is 2. The number of likely N-dealkylation sites (tertiary alicyclic amines) is 1. The monoisotopic (exact) mass is 902 g/mol. The molecule has 7 nitrogen and oxygen atoms in total. The molecule has 2 aliphatic carbocycles. The van der Waals surface area contributed by atoms with Gasteiger partial charge in [-0.15, -0.1) is 0 Å². The third-order valence-corrected chi connectivity index (χ3v) is 14.1. The van der Waals surface area contributed by atoms with Gasteiger partial charge in [0.25, 0.3) is 0 Å². The molecule has 7 atom stereocenters. The summed E-state index contributed by atoms with van der Waals surface area (Å²) in [4.78, 5) is 32.8. The fourth-order valence-electron chi connectivity index (χ4n) is 7.93. The predicted molar refractivity (Wildman–Crippen MR) is 189 cm³/mol. The molecular weight excluding hydrogens is 862 g/mol. The van der Waals surface area contributed by atoms with Crippen molar-refractivity contribution in [3.8, 4) is 0 Å². The van der Waals surface area contributed by atoms with Crippen molar-refractivity contribution in [2.24, 2.45) is 34.7 Å². The van der Waals surface area contributed by atoms with Crippen LogP contribution in [0.4, 0.5) is 4.79 Å². The fraction of sp³-hybridized carbons (Fsp3) is 0.724. The van der Waals surface area contributed by atoms with Crippen LogP contribution in [-0.4, -0.2) is 70.2 Å². The van der Waals surface area contributed by atoms with Gasteiger partial charge in [0.2, 0.25) is 13.5 Å². The van der Waals surface area contributed by atoms with E-state index in [-0.39, 0.29) is 23.5 Å². The van der Waals surface area contributed by atoms with Crippen LogP contribution in [0.5, 0.6) is 0 Å². The van der Waals surface area contributed by atoms with Gasteiger partial charge in [-0.1, -0.05) is 31.8 Å². The molecule has 6 aliphatic rings. The number of rotatable bonds is 6. The molecule has 0 aromatic rings. The Labute approximate surface area is 280 Å². The average Bonchev–Trinajstić information content (AvgIpc) is 3.47. The number of fused-ring (bicyclic) bond motifs is 1. The lowest BCUT2D eigenvalue weighted by molar-refractivity contribution is -0.130. The highest BCUT2D eigenvalue weighted by molar-refractivity contribution is 14.3. The van der Waals surface area contributed by atoms with E-state index in [0.29, 0.717) is 23.4 Å². The Morgan fingerprint density at radius 2 is 1.88 bits per heavy atom. The van der Waals surface area contributed by atoms with E-state index in [9.17, 15) is 9.59 Å². The largest absolute Gasteiger partial charge is 0.429 e. The van der Waals surface area contributed by atoms with Gasteiger partial charge < -0.3 is 9.80 Å². The van der Waals surface area contributed by atoms with Gasteiger partial charge in [0.15, 0.2) is 4.75 Å². The van der Waals surface area contributed by atoms with Crippen LogP contribution < -0.4 is 5.43 Å². The van der Waals surface area contributed by atoms with E-state index < -0.39 is 7.55 Å². The summed E-state index contributed by atoms with van der Waals surface area (Å²) in [5.74, 6) is 5.15. The topological polar surface area (TPSA) is 68.2 Å². The Morgan fingerprint density at radius 3 is 2.52 bits per heavy atom. The van der Waals surface area contributed by atoms with Gasteiger partial charge in [-0.05, 0) is 118 Å². The van der Waals surface area contributed by atoms with Crippen LogP contribution >= 0.6 is 75.3 Å². The van der Waals surface area contributed by atoms with Crippen molar-refractivity contribution < 1.29 is 9.59 Å². The smallest absolute Gasteiger partial charge is 0.343 e. The first-order valence-corrected chi connectivity index (χ1v) is 19.5. The number of carbonyl (C=O) groups is 2. The molecule has 4 heterocycles. The van der Waals surface area contributed by atoms with Crippen molar-refractivity contribution in [2.45, 2.75) is 76.4 Å². The van der Waals surface area contributed by atoms with Crippen molar-refractivity contribution in [1.29, 1.82) is 0 Å². The maximum absolute atomic E-state index is 14.2. The normalized spacial score (nSPS) is 34.5. The van der Waals surface area contributed by atoms with Gasteiger partial charge in [0, 0.05) is 50.5 Å². The van der Waals surface area contributed by atoms with E-state index in [1.54, 1.807) is 6.92 Å². The fourth-order valence-corrected chi connectivity index (χ4v) is 12.4. The molecule has 0 radical (unpaired) electrons. The maximum atomic E-state index is 14.2. The van der Waals surface area contributed by atoms with Gasteiger partial charge in [0.05, 0.1) is 6.20 Å². The minimum atomic E-state index is -0.996. The molecule has 218 valence electrons. The standard InChI is InChI=1S/C29H40I3N5O2P/c1-18(38)36-11-5-9-21(14-36)22-13-24(29(30,31)32)25-15-37(28(39)40(25)16-22)23-10-4-8-20(12-23)26(19-6-3-7-19)27-34-33-17-35(27)2/h13,15-17,19-23,26-27,34H,3-12,14H2,1-2H3/q+1/t20?,21-,22?,23?,26-,27?/m1/s1. The Hall–Kier alpha value is 0.0500. The summed E-state index contributed by atoms with van der Waals surface area (Å²) in [6, 6.07) is 0.282. The number of allylic oxidation sites excluding steroid dienone is 3. The highest BCUT2D eigenvalue weighted by atomic mass is 127. The zero-order chi connectivity index (χ0) is 28.2. The molecule has 2 amide bonds. The number of nitrogens with zero attached hydrogens (tertiary/aromatic N) is 4. The summed E-state index contributed by atoms with van der Waals surface area (Å²) in [6.45, 7) is 3.35. The molecular formula is C29H40I3N5O2P+. The van der Waals surface area contributed by atoms with Gasteiger partial charge in [-0.3, -0.25) is 15.1 Å². The number of alkyl halides is 3. The molecule has 1 saturated heterocycles. The molecule has 0 aromatic carbocycles. The zero-order valence-electron chi connectivity index (χ0n) is 23.3.